The van der Waals surface area contributed by atoms with Gasteiger partial charge in [-0.2, -0.15) is 10.1 Å². The van der Waals surface area contributed by atoms with Crippen molar-refractivity contribution >= 4 is 58.4 Å². The van der Waals surface area contributed by atoms with Crippen molar-refractivity contribution in [1.29, 1.82) is 0 Å². The summed E-state index contributed by atoms with van der Waals surface area (Å²) in [4.78, 5) is 4.41. The van der Waals surface area contributed by atoms with Crippen LogP contribution in [0.5, 0.6) is 0 Å². The smallest absolute Gasteiger partial charge is 0.226 e. The Kier molecular flexibility index (Phi) is 5.28. The Morgan fingerprint density at radius 3 is 2.50 bits per heavy atom. The molecule has 0 fully saturated rings. The fourth-order valence-electron chi connectivity index (χ4n) is 4.14. The van der Waals surface area contributed by atoms with Gasteiger partial charge in [0, 0.05) is 25.8 Å². The Hall–Kier alpha value is -1.98. The highest BCUT2D eigenvalue weighted by Crippen LogP contribution is 2.45. The molecule has 1 atom stereocenters. The van der Waals surface area contributed by atoms with E-state index in [9.17, 15) is 0 Å². The summed E-state index contributed by atoms with van der Waals surface area (Å²) in [6.45, 7) is 0. The van der Waals surface area contributed by atoms with E-state index in [1.165, 1.54) is 11.1 Å². The first-order valence-electron chi connectivity index (χ1n) is 9.52. The maximum Gasteiger partial charge on any atom is 0.226 e. The summed E-state index contributed by atoms with van der Waals surface area (Å²) in [5, 5.41) is 10.4. The third-order valence-electron chi connectivity index (χ3n) is 5.47. The average molecular weight is 478 g/mol. The summed E-state index contributed by atoms with van der Waals surface area (Å²) in [6, 6.07) is 11.0. The first kappa shape index (κ1) is 20.0. The fraction of sp³-hybridized carbons (Fsp3) is 0.182. The summed E-state index contributed by atoms with van der Waals surface area (Å²) < 4.78 is 1.88. The summed E-state index contributed by atoms with van der Waals surface area (Å²) >= 11 is 25.2. The van der Waals surface area contributed by atoms with E-state index in [-0.39, 0.29) is 6.04 Å². The van der Waals surface area contributed by atoms with Crippen molar-refractivity contribution in [1.82, 2.24) is 14.8 Å². The second-order valence-corrected chi connectivity index (χ2v) is 9.00. The fourth-order valence-corrected chi connectivity index (χ4v) is 5.12. The molecule has 8 heteroatoms. The van der Waals surface area contributed by atoms with Crippen molar-refractivity contribution in [3.8, 4) is 0 Å². The van der Waals surface area contributed by atoms with Crippen LogP contribution in [0, 0.1) is 0 Å². The highest BCUT2D eigenvalue weighted by molar-refractivity contribution is 6.36. The first-order valence-corrected chi connectivity index (χ1v) is 11.0. The zero-order valence-corrected chi connectivity index (χ0v) is 18.7. The lowest BCUT2D eigenvalue weighted by molar-refractivity contribution is 0.538. The maximum atomic E-state index is 6.60. The SMILES string of the molecule is Clc1ccc(/C=C2\CCCC3=C2Nc2ncnn2[C@H]3c2ccc(Cl)cc2Cl)c(Cl)c1. The van der Waals surface area contributed by atoms with Gasteiger partial charge in [0.05, 0.1) is 0 Å². The van der Waals surface area contributed by atoms with Crippen molar-refractivity contribution in [3.05, 3.63) is 90.8 Å². The van der Waals surface area contributed by atoms with Crippen LogP contribution in [0.3, 0.4) is 0 Å². The van der Waals surface area contributed by atoms with E-state index >= 15 is 0 Å². The minimum atomic E-state index is -0.145. The van der Waals surface area contributed by atoms with Gasteiger partial charge >= 0.3 is 0 Å². The van der Waals surface area contributed by atoms with Gasteiger partial charge < -0.3 is 5.32 Å². The van der Waals surface area contributed by atoms with Crippen molar-refractivity contribution in [2.75, 3.05) is 5.32 Å². The molecule has 1 aliphatic carbocycles. The standard InChI is InChI=1S/C22H16Cl4N4/c23-14-5-4-12(18(25)9-14)8-13-2-1-3-17-20(13)29-22-27-11-28-30(22)21(17)16-7-6-15(24)10-19(16)26/h4-11,21H,1-3H2,(H,27,28,29)/b13-8+/t21-/m0/s1. The third kappa shape index (κ3) is 3.52. The monoisotopic (exact) mass is 476 g/mol. The summed E-state index contributed by atoms with van der Waals surface area (Å²) in [5.41, 5.74) is 5.33. The van der Waals surface area contributed by atoms with Crippen LogP contribution in [0.4, 0.5) is 5.95 Å². The second-order valence-electron chi connectivity index (χ2n) is 7.31. The number of benzene rings is 2. The molecule has 3 aromatic rings. The number of anilines is 1. The van der Waals surface area contributed by atoms with Gasteiger partial charge in [-0.15, -0.1) is 0 Å². The highest BCUT2D eigenvalue weighted by Gasteiger charge is 2.34. The number of halogens is 4. The number of fused-ring (bicyclic) bond motifs is 1. The van der Waals surface area contributed by atoms with Crippen LogP contribution < -0.4 is 5.32 Å². The van der Waals surface area contributed by atoms with Gasteiger partial charge in [0.25, 0.3) is 0 Å². The lowest BCUT2D eigenvalue weighted by Crippen LogP contribution is -2.28. The van der Waals surface area contributed by atoms with Crippen LogP contribution in [-0.2, 0) is 0 Å². The van der Waals surface area contributed by atoms with Crippen molar-refractivity contribution in [2.45, 2.75) is 25.3 Å². The molecule has 2 aliphatic rings. The largest absolute Gasteiger partial charge is 0.324 e. The Morgan fingerprint density at radius 2 is 1.73 bits per heavy atom. The molecule has 30 heavy (non-hydrogen) atoms. The number of hydrogen-bond donors (Lipinski definition) is 1. The Bertz CT molecular complexity index is 1210. The predicted octanol–water partition coefficient (Wildman–Crippen LogP) is 7.43. The molecule has 2 heterocycles. The van der Waals surface area contributed by atoms with Gasteiger partial charge in [0.1, 0.15) is 12.4 Å². The molecule has 0 saturated heterocycles. The molecule has 0 radical (unpaired) electrons. The van der Waals surface area contributed by atoms with Crippen LogP contribution in [0.25, 0.3) is 6.08 Å². The molecule has 2 aromatic carbocycles. The van der Waals surface area contributed by atoms with Gasteiger partial charge in [-0.1, -0.05) is 58.5 Å². The van der Waals surface area contributed by atoms with E-state index in [0.717, 1.165) is 36.1 Å². The molecule has 1 N–H and O–H groups in total. The van der Waals surface area contributed by atoms with Crippen LogP contribution in [0.15, 0.2) is 59.6 Å². The van der Waals surface area contributed by atoms with Crippen molar-refractivity contribution in [3.63, 3.8) is 0 Å². The molecule has 5 rings (SSSR count). The molecule has 0 spiro atoms. The lowest BCUT2D eigenvalue weighted by atomic mass is 9.83. The first-order chi connectivity index (χ1) is 14.5. The third-order valence-corrected chi connectivity index (χ3v) is 6.59. The molecular formula is C22H16Cl4N4. The number of nitrogens with zero attached hydrogens (tertiary/aromatic N) is 3. The van der Waals surface area contributed by atoms with E-state index in [1.54, 1.807) is 18.5 Å². The number of nitrogens with one attached hydrogen (secondary N) is 1. The minimum absolute atomic E-state index is 0.145. The molecule has 0 bridgehead atoms. The second kappa shape index (κ2) is 7.93. The number of hydrogen-bond acceptors (Lipinski definition) is 3. The zero-order valence-electron chi connectivity index (χ0n) is 15.7. The van der Waals surface area contributed by atoms with Crippen LogP contribution in [-0.4, -0.2) is 14.8 Å². The molecule has 1 aromatic heterocycles. The Balaban J connectivity index is 1.66. The molecule has 0 unspecified atom stereocenters. The molecule has 1 aliphatic heterocycles. The van der Waals surface area contributed by atoms with Gasteiger partial charge in [-0.25, -0.2) is 4.68 Å². The van der Waals surface area contributed by atoms with E-state index < -0.39 is 0 Å². The van der Waals surface area contributed by atoms with Crippen LogP contribution in [0.2, 0.25) is 20.1 Å². The van der Waals surface area contributed by atoms with Crippen LogP contribution in [0.1, 0.15) is 36.4 Å². The Morgan fingerprint density at radius 1 is 0.967 bits per heavy atom. The quantitative estimate of drug-likeness (QED) is 0.417. The van der Waals surface area contributed by atoms with E-state index in [2.05, 4.69) is 21.5 Å². The van der Waals surface area contributed by atoms with Gasteiger partial charge in [-0.3, -0.25) is 0 Å². The summed E-state index contributed by atoms with van der Waals surface area (Å²) in [6.07, 6.45) is 6.55. The van der Waals surface area contributed by atoms with E-state index in [0.29, 0.717) is 26.0 Å². The normalized spacial score (nSPS) is 19.5. The Labute approximate surface area is 194 Å². The maximum absolute atomic E-state index is 6.60. The number of allylic oxidation sites excluding steroid dienone is 2. The minimum Gasteiger partial charge on any atom is -0.324 e. The number of rotatable bonds is 2. The van der Waals surface area contributed by atoms with Crippen LogP contribution >= 0.6 is 46.4 Å². The topological polar surface area (TPSA) is 42.7 Å². The van der Waals surface area contributed by atoms with Crippen molar-refractivity contribution in [2.24, 2.45) is 0 Å². The highest BCUT2D eigenvalue weighted by atomic mass is 35.5. The molecular weight excluding hydrogens is 462 g/mol. The number of aromatic nitrogens is 3. The molecule has 0 amide bonds. The predicted molar refractivity (Wildman–Crippen MR) is 124 cm³/mol. The summed E-state index contributed by atoms with van der Waals surface area (Å²) in [7, 11) is 0. The molecule has 4 nitrogen and oxygen atoms in total. The van der Waals surface area contributed by atoms with Gasteiger partial charge in [0.2, 0.25) is 5.95 Å². The zero-order chi connectivity index (χ0) is 20.8. The lowest BCUT2D eigenvalue weighted by Gasteiger charge is -2.35. The van der Waals surface area contributed by atoms with Crippen molar-refractivity contribution < 1.29 is 0 Å². The van der Waals surface area contributed by atoms with Gasteiger partial charge in [-0.05, 0) is 71.9 Å². The van der Waals surface area contributed by atoms with E-state index in [4.69, 9.17) is 46.4 Å². The van der Waals surface area contributed by atoms with E-state index in [1.807, 2.05) is 28.9 Å². The molecule has 152 valence electrons. The molecule has 0 saturated carbocycles. The van der Waals surface area contributed by atoms with Gasteiger partial charge in [0.15, 0.2) is 0 Å². The summed E-state index contributed by atoms with van der Waals surface area (Å²) in [5.74, 6) is 0.680. The average Bonchev–Trinajstić information content (AvgIpc) is 3.17.